The number of carboxylic acids is 1. The Morgan fingerprint density at radius 3 is 1.91 bits per heavy atom. The predicted molar refractivity (Wildman–Crippen MR) is 113 cm³/mol. The number of ether oxygens (including phenoxy) is 3. The van der Waals surface area contributed by atoms with E-state index in [0.29, 0.717) is 0 Å². The number of benzene rings is 1. The molecule has 0 unspecified atom stereocenters. The van der Waals surface area contributed by atoms with E-state index in [4.69, 9.17) is 14.2 Å². The van der Waals surface area contributed by atoms with Gasteiger partial charge < -0.3 is 24.6 Å². The normalized spacial score (nSPS) is 10.0. The number of alkyl carbamates (subject to hydrolysis) is 1. The lowest BCUT2D eigenvalue weighted by molar-refractivity contribution is -0.138. The van der Waals surface area contributed by atoms with Crippen molar-refractivity contribution in [3.63, 3.8) is 0 Å². The maximum absolute atomic E-state index is 12.4. The summed E-state index contributed by atoms with van der Waals surface area (Å²) in [4.78, 5) is 70.1. The lowest BCUT2D eigenvalue weighted by Gasteiger charge is -2.12. The smallest absolute Gasteiger partial charge is 0.407 e. The number of aromatic carboxylic acids is 1. The highest BCUT2D eigenvalue weighted by molar-refractivity contribution is 6.12. The number of carboxylic acid groups (broad SMARTS) is 1. The molecule has 178 valence electrons. The van der Waals surface area contributed by atoms with Gasteiger partial charge in [-0.3, -0.25) is 9.59 Å². The molecule has 33 heavy (non-hydrogen) atoms. The molecule has 0 spiro atoms. The molecule has 11 nitrogen and oxygen atoms in total. The van der Waals surface area contributed by atoms with E-state index in [1.54, 1.807) is 0 Å². The summed E-state index contributed by atoms with van der Waals surface area (Å²) in [5, 5.41) is 11.6. The molecule has 0 saturated carbocycles. The van der Waals surface area contributed by atoms with Gasteiger partial charge in [0, 0.05) is 23.1 Å². The van der Waals surface area contributed by atoms with E-state index in [9.17, 15) is 33.9 Å². The quantitative estimate of drug-likeness (QED) is 0.154. The molecule has 2 N–H and O–H groups in total. The standard InChI is InChI=1S/C22H25NO10/c1-12(2)20(28)32-9-6-23-22(30)33-8-5-7-31-21(29)18-11-15(13(3)24)17(19(26)27)10-16(18)14(4)25/h10-11H,1,5-9H2,2-4H3,(H,23,30)(H,26,27). The maximum atomic E-state index is 12.4. The SMILES string of the molecule is C=C(C)C(=O)OCCNC(=O)OCCCOC(=O)c1cc(C(C)=O)c(C(=O)O)cc1C(C)=O. The molecule has 0 saturated heterocycles. The van der Waals surface area contributed by atoms with Crippen LogP contribution in [0.4, 0.5) is 4.79 Å². The van der Waals surface area contributed by atoms with Gasteiger partial charge in [-0.15, -0.1) is 0 Å². The summed E-state index contributed by atoms with van der Waals surface area (Å²) in [6, 6.07) is 1.99. The van der Waals surface area contributed by atoms with Crippen LogP contribution in [0, 0.1) is 0 Å². The van der Waals surface area contributed by atoms with Crippen LogP contribution in [0.25, 0.3) is 0 Å². The number of nitrogens with one attached hydrogen (secondary N) is 1. The summed E-state index contributed by atoms with van der Waals surface area (Å²) in [5.41, 5.74) is -0.810. The highest BCUT2D eigenvalue weighted by Crippen LogP contribution is 2.20. The van der Waals surface area contributed by atoms with Gasteiger partial charge in [0.15, 0.2) is 11.6 Å². The highest BCUT2D eigenvalue weighted by Gasteiger charge is 2.23. The molecule has 1 amide bonds. The van der Waals surface area contributed by atoms with Gasteiger partial charge in [0.2, 0.25) is 0 Å². The van der Waals surface area contributed by atoms with Gasteiger partial charge in [0.25, 0.3) is 0 Å². The maximum Gasteiger partial charge on any atom is 0.407 e. The van der Waals surface area contributed by atoms with E-state index in [2.05, 4.69) is 11.9 Å². The lowest BCUT2D eigenvalue weighted by Crippen LogP contribution is -2.29. The van der Waals surface area contributed by atoms with Gasteiger partial charge in [0.05, 0.1) is 30.9 Å². The van der Waals surface area contributed by atoms with E-state index in [1.165, 1.54) is 6.92 Å². The number of hydrogen-bond donors (Lipinski definition) is 2. The molecule has 0 fully saturated rings. The number of amides is 1. The minimum absolute atomic E-state index is 0.0332. The van der Waals surface area contributed by atoms with Crippen LogP contribution in [-0.2, 0) is 19.0 Å². The monoisotopic (exact) mass is 463 g/mol. The van der Waals surface area contributed by atoms with E-state index < -0.39 is 41.1 Å². The molecule has 1 aromatic rings. The Labute approximate surface area is 189 Å². The summed E-state index contributed by atoms with van der Waals surface area (Å²) >= 11 is 0. The van der Waals surface area contributed by atoms with Crippen LogP contribution in [0.5, 0.6) is 0 Å². The fourth-order valence-corrected chi connectivity index (χ4v) is 2.47. The minimum atomic E-state index is -1.41. The molecule has 1 aromatic carbocycles. The Hall–Kier alpha value is -4.02. The van der Waals surface area contributed by atoms with Crippen LogP contribution in [0.3, 0.4) is 0 Å². The molecule has 11 heteroatoms. The number of ketones is 2. The van der Waals surface area contributed by atoms with Crippen LogP contribution in [0.15, 0.2) is 24.3 Å². The number of carbonyl (C=O) groups excluding carboxylic acids is 5. The second kappa shape index (κ2) is 12.7. The first kappa shape index (κ1) is 27.0. The second-order valence-corrected chi connectivity index (χ2v) is 6.83. The van der Waals surface area contributed by atoms with Crippen molar-refractivity contribution in [1.29, 1.82) is 0 Å². The molecule has 0 atom stereocenters. The summed E-state index contributed by atoms with van der Waals surface area (Å²) in [7, 11) is 0. The summed E-state index contributed by atoms with van der Waals surface area (Å²) < 4.78 is 14.7. The van der Waals surface area contributed by atoms with Crippen LogP contribution in [-0.4, -0.2) is 67.0 Å². The average Bonchev–Trinajstić information content (AvgIpc) is 2.74. The molecule has 0 aliphatic heterocycles. The zero-order valence-corrected chi connectivity index (χ0v) is 18.5. The number of esters is 2. The van der Waals surface area contributed by atoms with Gasteiger partial charge in [-0.05, 0) is 32.9 Å². The van der Waals surface area contributed by atoms with Crippen molar-refractivity contribution in [3.05, 3.63) is 46.5 Å². The summed E-state index contributed by atoms with van der Waals surface area (Å²) in [6.07, 6.45) is -0.631. The Bertz CT molecular complexity index is 980. The number of hydrogen-bond acceptors (Lipinski definition) is 9. The fourth-order valence-electron chi connectivity index (χ4n) is 2.47. The van der Waals surface area contributed by atoms with E-state index in [0.717, 1.165) is 26.0 Å². The van der Waals surface area contributed by atoms with Crippen molar-refractivity contribution < 1.29 is 48.1 Å². The lowest BCUT2D eigenvalue weighted by atomic mass is 9.94. The first-order valence-corrected chi connectivity index (χ1v) is 9.79. The van der Waals surface area contributed by atoms with E-state index in [-0.39, 0.29) is 55.0 Å². The molecule has 1 rings (SSSR count). The zero-order valence-electron chi connectivity index (χ0n) is 18.5. The number of carbonyl (C=O) groups is 6. The molecule has 0 heterocycles. The second-order valence-electron chi connectivity index (χ2n) is 6.83. The summed E-state index contributed by atoms with van der Waals surface area (Å²) in [5.74, 6) is -4.08. The first-order chi connectivity index (χ1) is 15.5. The van der Waals surface area contributed by atoms with Gasteiger partial charge >= 0.3 is 24.0 Å². The van der Waals surface area contributed by atoms with E-state index >= 15 is 0 Å². The van der Waals surface area contributed by atoms with Gasteiger partial charge in [-0.1, -0.05) is 6.58 Å². The Balaban J connectivity index is 2.57. The van der Waals surface area contributed by atoms with Gasteiger partial charge in [-0.25, -0.2) is 19.2 Å². The van der Waals surface area contributed by atoms with Crippen LogP contribution in [0.1, 0.15) is 68.6 Å². The predicted octanol–water partition coefficient (Wildman–Crippen LogP) is 2.18. The van der Waals surface area contributed by atoms with Crippen molar-refractivity contribution in [2.24, 2.45) is 0 Å². The number of Topliss-reactive ketones (excluding diaryl/α,β-unsaturated/α-hetero) is 2. The minimum Gasteiger partial charge on any atom is -0.478 e. The van der Waals surface area contributed by atoms with Crippen molar-refractivity contribution in [1.82, 2.24) is 5.32 Å². The topological polar surface area (TPSA) is 162 Å². The Kier molecular flexibility index (Phi) is 10.4. The van der Waals surface area contributed by atoms with Gasteiger partial charge in [0.1, 0.15) is 6.61 Å². The molecule has 0 aromatic heterocycles. The molecular weight excluding hydrogens is 438 g/mol. The fraction of sp³-hybridized carbons (Fsp3) is 0.364. The van der Waals surface area contributed by atoms with E-state index in [1.807, 2.05) is 0 Å². The third-order valence-corrected chi connectivity index (χ3v) is 4.07. The third-order valence-electron chi connectivity index (χ3n) is 4.07. The van der Waals surface area contributed by atoms with Crippen molar-refractivity contribution in [3.8, 4) is 0 Å². The van der Waals surface area contributed by atoms with Crippen LogP contribution in [0.2, 0.25) is 0 Å². The first-order valence-electron chi connectivity index (χ1n) is 9.79. The van der Waals surface area contributed by atoms with Crippen molar-refractivity contribution >= 4 is 35.6 Å². The molecular formula is C22H25NO10. The van der Waals surface area contributed by atoms with Crippen LogP contribution >= 0.6 is 0 Å². The van der Waals surface area contributed by atoms with Gasteiger partial charge in [-0.2, -0.15) is 0 Å². The molecule has 0 radical (unpaired) electrons. The average molecular weight is 463 g/mol. The Morgan fingerprint density at radius 2 is 1.36 bits per heavy atom. The van der Waals surface area contributed by atoms with Crippen molar-refractivity contribution in [2.45, 2.75) is 27.2 Å². The summed E-state index contributed by atoms with van der Waals surface area (Å²) in [6.45, 7) is 6.90. The third kappa shape index (κ3) is 8.56. The molecule has 0 aliphatic rings. The largest absolute Gasteiger partial charge is 0.478 e. The molecule has 0 aliphatic carbocycles. The Morgan fingerprint density at radius 1 is 0.818 bits per heavy atom. The highest BCUT2D eigenvalue weighted by atomic mass is 16.6. The number of rotatable bonds is 12. The van der Waals surface area contributed by atoms with Crippen LogP contribution < -0.4 is 5.32 Å². The zero-order chi connectivity index (χ0) is 25.1. The molecule has 0 bridgehead atoms. The van der Waals surface area contributed by atoms with Crippen molar-refractivity contribution in [2.75, 3.05) is 26.4 Å².